The molecule has 0 radical (unpaired) electrons. The standard InChI is InChI=1S/C19H21BrO7/c1-23-9-5-11(24-2)16(12(6-9)25-3)17-14(8-21)27-19-15(17)10(20)7-13(26-4)18(19)22/h5-7,14,17,21-22H,8H2,1-4H3/t14-,17-/m0/s1. The van der Waals surface area contributed by atoms with Gasteiger partial charge < -0.3 is 33.9 Å². The first kappa shape index (κ1) is 19.4. The van der Waals surface area contributed by atoms with Crippen molar-refractivity contribution in [1.29, 1.82) is 0 Å². The van der Waals surface area contributed by atoms with E-state index in [4.69, 9.17) is 23.7 Å². The molecule has 0 unspecified atom stereocenters. The van der Waals surface area contributed by atoms with Crippen LogP contribution >= 0.6 is 15.9 Å². The Hall–Kier alpha value is -2.32. The fraction of sp³-hybridized carbons (Fsp3) is 0.368. The number of aliphatic hydroxyl groups is 1. The van der Waals surface area contributed by atoms with Gasteiger partial charge in [-0.3, -0.25) is 0 Å². The van der Waals surface area contributed by atoms with Crippen LogP contribution in [0.1, 0.15) is 17.0 Å². The summed E-state index contributed by atoms with van der Waals surface area (Å²) in [5.74, 6) is 1.57. The monoisotopic (exact) mass is 440 g/mol. The zero-order chi connectivity index (χ0) is 19.7. The number of benzene rings is 2. The van der Waals surface area contributed by atoms with Gasteiger partial charge in [-0.1, -0.05) is 15.9 Å². The van der Waals surface area contributed by atoms with Crippen molar-refractivity contribution in [2.45, 2.75) is 12.0 Å². The van der Waals surface area contributed by atoms with Crippen LogP contribution in [0, 0.1) is 0 Å². The number of halogens is 1. The Morgan fingerprint density at radius 2 is 1.52 bits per heavy atom. The molecular weight excluding hydrogens is 420 g/mol. The van der Waals surface area contributed by atoms with Gasteiger partial charge in [-0.2, -0.15) is 0 Å². The number of aromatic hydroxyl groups is 1. The largest absolute Gasteiger partial charge is 0.502 e. The second kappa shape index (κ2) is 7.74. The van der Waals surface area contributed by atoms with Gasteiger partial charge in [0.05, 0.1) is 41.0 Å². The lowest BCUT2D eigenvalue weighted by Crippen LogP contribution is -2.25. The molecule has 0 saturated heterocycles. The molecule has 0 amide bonds. The lowest BCUT2D eigenvalue weighted by molar-refractivity contribution is 0.120. The predicted octanol–water partition coefficient (Wildman–Crippen LogP) is 3.07. The van der Waals surface area contributed by atoms with Crippen molar-refractivity contribution in [3.8, 4) is 34.5 Å². The highest BCUT2D eigenvalue weighted by molar-refractivity contribution is 9.10. The van der Waals surface area contributed by atoms with Crippen LogP contribution in [-0.2, 0) is 0 Å². The zero-order valence-electron chi connectivity index (χ0n) is 15.4. The smallest absolute Gasteiger partial charge is 0.201 e. The van der Waals surface area contributed by atoms with E-state index in [2.05, 4.69) is 15.9 Å². The van der Waals surface area contributed by atoms with Crippen LogP contribution in [-0.4, -0.2) is 51.4 Å². The molecule has 3 rings (SSSR count). The fourth-order valence-corrected chi connectivity index (χ4v) is 4.03. The highest BCUT2D eigenvalue weighted by Gasteiger charge is 2.43. The minimum absolute atomic E-state index is 0.122. The summed E-state index contributed by atoms with van der Waals surface area (Å²) >= 11 is 3.53. The number of fused-ring (bicyclic) bond motifs is 1. The van der Waals surface area contributed by atoms with Crippen LogP contribution in [0.2, 0.25) is 0 Å². The van der Waals surface area contributed by atoms with E-state index in [1.807, 2.05) is 0 Å². The first-order valence-electron chi connectivity index (χ1n) is 8.17. The lowest BCUT2D eigenvalue weighted by Gasteiger charge is -2.23. The quantitative estimate of drug-likeness (QED) is 0.713. The average Bonchev–Trinajstić information content (AvgIpc) is 3.09. The topological polar surface area (TPSA) is 86.6 Å². The summed E-state index contributed by atoms with van der Waals surface area (Å²) in [4.78, 5) is 0. The summed E-state index contributed by atoms with van der Waals surface area (Å²) in [6.07, 6.45) is -0.648. The normalized spacial score (nSPS) is 17.9. The third kappa shape index (κ3) is 3.12. The minimum atomic E-state index is -0.648. The van der Waals surface area contributed by atoms with Gasteiger partial charge >= 0.3 is 0 Å². The lowest BCUT2D eigenvalue weighted by atomic mass is 9.86. The molecular formula is C19H21BrO7. The second-order valence-corrected chi connectivity index (χ2v) is 6.77. The van der Waals surface area contributed by atoms with Crippen molar-refractivity contribution in [3.05, 3.63) is 33.8 Å². The third-order valence-electron chi connectivity index (χ3n) is 4.62. The van der Waals surface area contributed by atoms with Crippen molar-refractivity contribution < 1.29 is 33.9 Å². The van der Waals surface area contributed by atoms with E-state index in [-0.39, 0.29) is 23.9 Å². The maximum Gasteiger partial charge on any atom is 0.201 e. The van der Waals surface area contributed by atoms with E-state index >= 15 is 0 Å². The third-order valence-corrected chi connectivity index (χ3v) is 5.28. The molecule has 2 aromatic carbocycles. The Balaban J connectivity index is 2.29. The van der Waals surface area contributed by atoms with Gasteiger partial charge in [0.2, 0.25) is 5.75 Å². The van der Waals surface area contributed by atoms with Crippen molar-refractivity contribution >= 4 is 15.9 Å². The summed E-state index contributed by atoms with van der Waals surface area (Å²) in [6, 6.07) is 5.13. The number of aliphatic hydroxyl groups excluding tert-OH is 1. The Morgan fingerprint density at radius 3 is 2.00 bits per heavy atom. The van der Waals surface area contributed by atoms with Gasteiger partial charge in [-0.15, -0.1) is 0 Å². The SMILES string of the molecule is COc1cc(OC)c([C@@H]2c3c(Br)cc(OC)c(O)c3O[C@H]2CO)c(OC)c1. The van der Waals surface area contributed by atoms with Gasteiger partial charge in [0.25, 0.3) is 0 Å². The minimum Gasteiger partial charge on any atom is -0.502 e. The maximum atomic E-state index is 10.5. The van der Waals surface area contributed by atoms with E-state index < -0.39 is 12.0 Å². The average molecular weight is 441 g/mol. The van der Waals surface area contributed by atoms with Gasteiger partial charge in [0.1, 0.15) is 23.4 Å². The first-order valence-corrected chi connectivity index (χ1v) is 8.96. The molecule has 0 fully saturated rings. The summed E-state index contributed by atoms with van der Waals surface area (Å²) in [5.41, 5.74) is 1.36. The van der Waals surface area contributed by atoms with Crippen molar-refractivity contribution in [2.75, 3.05) is 35.0 Å². The Morgan fingerprint density at radius 1 is 0.926 bits per heavy atom. The molecule has 8 heteroatoms. The molecule has 2 aromatic rings. The van der Waals surface area contributed by atoms with Crippen LogP contribution in [0.4, 0.5) is 0 Å². The molecule has 2 N–H and O–H groups in total. The van der Waals surface area contributed by atoms with Gasteiger partial charge in [-0.05, 0) is 6.07 Å². The molecule has 2 atom stereocenters. The molecule has 1 heterocycles. The number of ether oxygens (including phenoxy) is 5. The summed E-state index contributed by atoms with van der Waals surface area (Å²) in [5, 5.41) is 20.5. The molecule has 0 spiro atoms. The molecule has 146 valence electrons. The van der Waals surface area contributed by atoms with Gasteiger partial charge in [0.15, 0.2) is 11.5 Å². The van der Waals surface area contributed by atoms with Crippen molar-refractivity contribution in [3.63, 3.8) is 0 Å². The molecule has 7 nitrogen and oxygen atoms in total. The number of hydrogen-bond donors (Lipinski definition) is 2. The number of phenolic OH excluding ortho intramolecular Hbond substituents is 1. The number of rotatable bonds is 6. The van der Waals surface area contributed by atoms with Gasteiger partial charge in [0, 0.05) is 27.7 Å². The van der Waals surface area contributed by atoms with Crippen LogP contribution in [0.15, 0.2) is 22.7 Å². The van der Waals surface area contributed by atoms with E-state index in [1.165, 1.54) is 7.11 Å². The molecule has 27 heavy (non-hydrogen) atoms. The first-order chi connectivity index (χ1) is 13.0. The highest BCUT2D eigenvalue weighted by Crippen LogP contribution is 2.56. The molecule has 1 aliphatic rings. The summed E-state index contributed by atoms with van der Waals surface area (Å²) in [6.45, 7) is -0.272. The molecule has 0 aromatic heterocycles. The van der Waals surface area contributed by atoms with E-state index in [0.29, 0.717) is 32.8 Å². The van der Waals surface area contributed by atoms with Gasteiger partial charge in [-0.25, -0.2) is 0 Å². The van der Waals surface area contributed by atoms with Crippen LogP contribution < -0.4 is 23.7 Å². The molecule has 1 aliphatic heterocycles. The molecule has 0 bridgehead atoms. The van der Waals surface area contributed by atoms with Crippen molar-refractivity contribution in [1.82, 2.24) is 0 Å². The van der Waals surface area contributed by atoms with Crippen LogP contribution in [0.3, 0.4) is 0 Å². The molecule has 0 saturated carbocycles. The fourth-order valence-electron chi connectivity index (χ4n) is 3.39. The van der Waals surface area contributed by atoms with Crippen molar-refractivity contribution in [2.24, 2.45) is 0 Å². The summed E-state index contributed by atoms with van der Waals surface area (Å²) in [7, 11) is 6.10. The van der Waals surface area contributed by atoms with E-state index in [0.717, 1.165) is 0 Å². The molecule has 0 aliphatic carbocycles. The van der Waals surface area contributed by atoms with E-state index in [9.17, 15) is 10.2 Å². The number of methoxy groups -OCH3 is 4. The Labute approximate surface area is 165 Å². The maximum absolute atomic E-state index is 10.5. The zero-order valence-corrected chi connectivity index (χ0v) is 17.0. The van der Waals surface area contributed by atoms with E-state index in [1.54, 1.807) is 39.5 Å². The predicted molar refractivity (Wildman–Crippen MR) is 102 cm³/mol. The highest BCUT2D eigenvalue weighted by atomic mass is 79.9. The van der Waals surface area contributed by atoms with Crippen LogP contribution in [0.25, 0.3) is 0 Å². The van der Waals surface area contributed by atoms with Crippen LogP contribution in [0.5, 0.6) is 34.5 Å². The number of hydrogen-bond acceptors (Lipinski definition) is 7. The second-order valence-electron chi connectivity index (χ2n) is 5.91. The Kier molecular flexibility index (Phi) is 5.57. The Bertz CT molecular complexity index is 827. The summed E-state index contributed by atoms with van der Waals surface area (Å²) < 4.78 is 28.2. The number of phenols is 1.